The van der Waals surface area contributed by atoms with Gasteiger partial charge in [0.1, 0.15) is 29.4 Å². The van der Waals surface area contributed by atoms with Crippen LogP contribution in [0.25, 0.3) is 11.2 Å². The van der Waals surface area contributed by atoms with E-state index < -0.39 is 36.1 Å². The smallest absolute Gasteiger partial charge is 0.280 e. The molecule has 4 atom stereocenters. The number of fused-ring (bicyclic) bond motifs is 1. The van der Waals surface area contributed by atoms with Crippen molar-refractivity contribution in [2.45, 2.75) is 50.7 Å². The zero-order valence-electron chi connectivity index (χ0n) is 31.1. The number of nitrogens with zero attached hydrogens (tertiary/aromatic N) is 4. The Morgan fingerprint density at radius 1 is 1.05 bits per heavy atom. The van der Waals surface area contributed by atoms with Crippen LogP contribution in [0.5, 0.6) is 11.5 Å². The molecule has 14 nitrogen and oxygen atoms in total. The highest BCUT2D eigenvalue weighted by atomic mass is 32.5. The number of imidazole rings is 1. The van der Waals surface area contributed by atoms with Gasteiger partial charge in [-0.1, -0.05) is 68.4 Å². The van der Waals surface area contributed by atoms with Gasteiger partial charge < -0.3 is 28.0 Å². The molecule has 3 heterocycles. The molecule has 1 fully saturated rings. The fourth-order valence-corrected chi connectivity index (χ4v) is 8.16. The lowest BCUT2D eigenvalue weighted by Crippen LogP contribution is -2.38. The van der Waals surface area contributed by atoms with Gasteiger partial charge in [-0.3, -0.25) is 24.5 Å². The van der Waals surface area contributed by atoms with Gasteiger partial charge in [0.05, 0.1) is 52.4 Å². The number of nitrogens with one attached hydrogen (secondary N) is 2. The van der Waals surface area contributed by atoms with Crippen LogP contribution >= 0.6 is 6.49 Å². The van der Waals surface area contributed by atoms with Gasteiger partial charge in [0.15, 0.2) is 17.7 Å². The van der Waals surface area contributed by atoms with E-state index in [0.29, 0.717) is 11.5 Å². The number of ether oxygens (including phenoxy) is 4. The number of carbonyl (C=O) groups is 1. The Morgan fingerprint density at radius 3 is 2.25 bits per heavy atom. The molecule has 1 aliphatic heterocycles. The number of benzene rings is 3. The molecule has 1 amide bonds. The zero-order valence-corrected chi connectivity index (χ0v) is 32.8. The summed E-state index contributed by atoms with van der Waals surface area (Å²) in [5, 5.41) is 11.8. The van der Waals surface area contributed by atoms with Gasteiger partial charge in [-0.15, -0.1) is 0 Å². The number of carbonyl (C=O) groups excluding carboxylic acids is 1. The van der Waals surface area contributed by atoms with Crippen molar-refractivity contribution in [3.8, 4) is 17.6 Å². The van der Waals surface area contributed by atoms with E-state index in [4.69, 9.17) is 45.1 Å². The summed E-state index contributed by atoms with van der Waals surface area (Å²) < 4.78 is 39.0. The topological polar surface area (TPSA) is 172 Å². The van der Waals surface area contributed by atoms with Crippen LogP contribution in [-0.2, 0) is 40.7 Å². The molecule has 0 spiro atoms. The first-order valence-corrected chi connectivity index (χ1v) is 20.8. The Bertz CT molecular complexity index is 2190. The Labute approximate surface area is 323 Å². The van der Waals surface area contributed by atoms with Crippen LogP contribution in [0, 0.1) is 17.2 Å². The highest BCUT2D eigenvalue weighted by Crippen LogP contribution is 2.50. The first-order valence-electron chi connectivity index (χ1n) is 17.7. The van der Waals surface area contributed by atoms with Gasteiger partial charge in [0.25, 0.3) is 5.56 Å². The minimum absolute atomic E-state index is 0.00906. The van der Waals surface area contributed by atoms with E-state index in [-0.39, 0.29) is 55.0 Å². The van der Waals surface area contributed by atoms with Crippen molar-refractivity contribution in [1.82, 2.24) is 19.5 Å². The number of aromatic nitrogens is 4. The van der Waals surface area contributed by atoms with Crippen LogP contribution in [0.1, 0.15) is 49.6 Å². The van der Waals surface area contributed by atoms with E-state index >= 15 is 0 Å². The molecule has 0 unspecified atom stereocenters. The lowest BCUT2D eigenvalue weighted by Gasteiger charge is -2.37. The van der Waals surface area contributed by atoms with Gasteiger partial charge >= 0.3 is 0 Å². The molecule has 0 radical (unpaired) electrons. The molecule has 2 aromatic heterocycles. The number of methoxy groups -OCH3 is 2. The molecule has 0 saturated carbocycles. The highest BCUT2D eigenvalue weighted by Gasteiger charge is 2.44. The quantitative estimate of drug-likeness (QED) is 0.0653. The maximum absolute atomic E-state index is 13.0. The molecule has 3 aromatic carbocycles. The van der Waals surface area contributed by atoms with E-state index in [0.717, 1.165) is 16.7 Å². The number of rotatable bonds is 16. The average Bonchev–Trinajstić information content (AvgIpc) is 3.79. The minimum Gasteiger partial charge on any atom is -0.497 e. The molecule has 1 aliphatic rings. The number of hydrogen-bond donors (Lipinski definition) is 2. The minimum atomic E-state index is -2.88. The lowest BCUT2D eigenvalue weighted by atomic mass is 9.80. The average molecular weight is 787 g/mol. The van der Waals surface area contributed by atoms with E-state index in [2.05, 4.69) is 26.3 Å². The Balaban J connectivity index is 1.41. The van der Waals surface area contributed by atoms with Gasteiger partial charge in [-0.05, 0) is 52.8 Å². The third kappa shape index (κ3) is 8.81. The molecule has 1 saturated heterocycles. The maximum atomic E-state index is 13.0. The Kier molecular flexibility index (Phi) is 12.5. The van der Waals surface area contributed by atoms with Gasteiger partial charge in [0, 0.05) is 19.0 Å². The molecule has 288 valence electrons. The lowest BCUT2D eigenvalue weighted by molar-refractivity contribution is -0.118. The molecule has 16 heteroatoms. The Morgan fingerprint density at radius 2 is 1.67 bits per heavy atom. The predicted molar refractivity (Wildman–Crippen MR) is 210 cm³/mol. The molecular formula is C39H43N6O8PS. The summed E-state index contributed by atoms with van der Waals surface area (Å²) in [7, 11) is 3.23. The molecule has 0 bridgehead atoms. The van der Waals surface area contributed by atoms with E-state index in [9.17, 15) is 9.59 Å². The largest absolute Gasteiger partial charge is 0.497 e. The number of aromatic amines is 1. The van der Waals surface area contributed by atoms with E-state index in [1.54, 1.807) is 39.3 Å². The second-order valence-electron chi connectivity index (χ2n) is 13.2. The van der Waals surface area contributed by atoms with Crippen LogP contribution < -0.4 is 20.3 Å². The number of hydrogen-bond acceptors (Lipinski definition) is 12. The van der Waals surface area contributed by atoms with Crippen molar-refractivity contribution in [2.24, 2.45) is 5.92 Å². The summed E-state index contributed by atoms with van der Waals surface area (Å²) in [5.41, 5.74) is 1.14. The molecule has 5 aromatic rings. The zero-order chi connectivity index (χ0) is 39.2. The van der Waals surface area contributed by atoms with Crippen molar-refractivity contribution in [3.63, 3.8) is 0 Å². The van der Waals surface area contributed by atoms with Crippen LogP contribution in [0.3, 0.4) is 0 Å². The summed E-state index contributed by atoms with van der Waals surface area (Å²) in [6.45, 7) is 2.44. The number of nitriles is 1. The predicted octanol–water partition coefficient (Wildman–Crippen LogP) is 6.28. The summed E-state index contributed by atoms with van der Waals surface area (Å²) in [5.74, 6) is 0.719. The summed E-state index contributed by atoms with van der Waals surface area (Å²) in [6.07, 6.45) is -0.201. The molecule has 0 aliphatic carbocycles. The van der Waals surface area contributed by atoms with Gasteiger partial charge in [-0.2, -0.15) is 10.2 Å². The van der Waals surface area contributed by atoms with Crippen molar-refractivity contribution < 1.29 is 32.8 Å². The number of amides is 1. The molecule has 2 N–H and O–H groups in total. The van der Waals surface area contributed by atoms with E-state index in [1.165, 1.54) is 6.33 Å². The van der Waals surface area contributed by atoms with Crippen LogP contribution in [0.4, 0.5) is 5.95 Å². The third-order valence-electron chi connectivity index (χ3n) is 9.19. The maximum Gasteiger partial charge on any atom is 0.280 e. The highest BCUT2D eigenvalue weighted by molar-refractivity contribution is 8.09. The molecular weight excluding hydrogens is 744 g/mol. The van der Waals surface area contributed by atoms with Crippen LogP contribution in [0.2, 0.25) is 0 Å². The van der Waals surface area contributed by atoms with E-state index in [1.807, 2.05) is 78.9 Å². The van der Waals surface area contributed by atoms with Crippen LogP contribution in [0.15, 0.2) is 90.0 Å². The fourth-order valence-electron chi connectivity index (χ4n) is 6.40. The first kappa shape index (κ1) is 39.7. The monoisotopic (exact) mass is 786 g/mol. The second kappa shape index (κ2) is 17.2. The van der Waals surface area contributed by atoms with Crippen molar-refractivity contribution in [3.05, 3.63) is 112 Å². The fraction of sp³-hybridized carbons (Fsp3) is 0.359. The van der Waals surface area contributed by atoms with Gasteiger partial charge in [0.2, 0.25) is 11.9 Å². The summed E-state index contributed by atoms with van der Waals surface area (Å²) in [6, 6.07) is 27.3. The second-order valence-corrected chi connectivity index (χ2v) is 17.2. The van der Waals surface area contributed by atoms with Crippen LogP contribution in [-0.4, -0.2) is 71.7 Å². The SMILES string of the molecule is COc1ccc(C(OC[C@H]2O[C@@H](n3cnc4c(=O)[nH]c(NC(=O)C(C)C)nc43)C[C@@H]2O[P@@](C)(=S)OCCC#N)(c2ccccc2)c2ccc(OC)cc2)cc1. The first-order chi connectivity index (χ1) is 26.5. The third-order valence-corrected chi connectivity index (χ3v) is 11.1. The van der Waals surface area contributed by atoms with Crippen molar-refractivity contribution in [2.75, 3.05) is 39.4 Å². The standard InChI is InChI=1S/C39H43N6O8PS/c1-25(2)36(46)43-38-42-35-34(37(47)44-38)41-24-45(35)33-22-31(53-54(5,55)51-21-9-20-40)32(52-33)23-50-39(26-10-7-6-8-11-26,27-12-16-29(48-3)17-13-27)28-14-18-30(49-4)19-15-28/h6-8,10-19,24-25,31-33H,9,21-23H2,1-5H3,(H2,42,43,44,46,47)/t31-,32+,33+,54-/m0/s1. The van der Waals surface area contributed by atoms with Crippen molar-refractivity contribution >= 4 is 41.3 Å². The summed E-state index contributed by atoms with van der Waals surface area (Å²) >= 11 is 5.81. The summed E-state index contributed by atoms with van der Waals surface area (Å²) in [4.78, 5) is 37.0. The Hall–Kier alpha value is -4.94. The number of H-pyrrole nitrogens is 1. The molecule has 55 heavy (non-hydrogen) atoms. The number of anilines is 1. The van der Waals surface area contributed by atoms with Gasteiger partial charge in [-0.25, -0.2) is 4.98 Å². The van der Waals surface area contributed by atoms with Crippen molar-refractivity contribution in [1.29, 1.82) is 5.26 Å². The molecule has 6 rings (SSSR count). The normalized spacial score (nSPS) is 18.2.